The van der Waals surface area contributed by atoms with E-state index in [1.807, 2.05) is 6.92 Å². The van der Waals surface area contributed by atoms with Crippen molar-refractivity contribution < 1.29 is 14.4 Å². The quantitative estimate of drug-likeness (QED) is 0.548. The summed E-state index contributed by atoms with van der Waals surface area (Å²) in [6.45, 7) is 6.45. The number of fused-ring (bicyclic) bond motifs is 5. The molecule has 2 atom stereocenters. The summed E-state index contributed by atoms with van der Waals surface area (Å²) in [6, 6.07) is 1.49. The van der Waals surface area contributed by atoms with Gasteiger partial charge in [0.05, 0.1) is 16.1 Å². The van der Waals surface area contributed by atoms with Gasteiger partial charge in [-0.05, 0) is 42.2 Å². The fourth-order valence-corrected chi connectivity index (χ4v) is 6.08. The summed E-state index contributed by atoms with van der Waals surface area (Å²) < 4.78 is 0. The number of halogens is 1. The molecule has 0 saturated heterocycles. The molecular weight excluding hydrogens is 388 g/mol. The van der Waals surface area contributed by atoms with E-state index >= 15 is 0 Å². The van der Waals surface area contributed by atoms with E-state index in [-0.39, 0.29) is 50.4 Å². The van der Waals surface area contributed by atoms with Gasteiger partial charge in [0.15, 0.2) is 5.78 Å². The van der Waals surface area contributed by atoms with Crippen LogP contribution in [0.25, 0.3) is 0 Å². The standard InChI is InChI=1S/C23H21ClN2O3/c1-22(2)6-4-7-23(3)14(22)9-11-12(21(23)29)10-26-17-15(11)19(27)18-16(20(17)28)13(24)5-8-25-18/h5,8,10,14H,4,6-7,9H2,1-3H3/t14-,23-/m0/s1. The van der Waals surface area contributed by atoms with Gasteiger partial charge in [-0.15, -0.1) is 0 Å². The second-order valence-electron chi connectivity index (χ2n) is 9.39. The molecule has 2 heterocycles. The van der Waals surface area contributed by atoms with Gasteiger partial charge in [-0.2, -0.15) is 0 Å². The molecule has 5 nitrogen and oxygen atoms in total. The van der Waals surface area contributed by atoms with E-state index in [9.17, 15) is 14.4 Å². The average molecular weight is 409 g/mol. The van der Waals surface area contributed by atoms with E-state index in [0.717, 1.165) is 19.3 Å². The second-order valence-corrected chi connectivity index (χ2v) is 9.80. The van der Waals surface area contributed by atoms with E-state index in [1.54, 1.807) is 0 Å². The number of carbonyl (C=O) groups excluding carboxylic acids is 3. The molecule has 29 heavy (non-hydrogen) atoms. The Morgan fingerprint density at radius 1 is 1.00 bits per heavy atom. The number of hydrogen-bond acceptors (Lipinski definition) is 5. The van der Waals surface area contributed by atoms with Crippen molar-refractivity contribution in [3.8, 4) is 0 Å². The fraction of sp³-hybridized carbons (Fsp3) is 0.435. The van der Waals surface area contributed by atoms with Crippen LogP contribution in [0.1, 0.15) is 88.1 Å². The largest absolute Gasteiger partial charge is 0.293 e. The fourth-order valence-electron chi connectivity index (χ4n) is 5.84. The predicted octanol–water partition coefficient (Wildman–Crippen LogP) is 4.48. The first-order valence-electron chi connectivity index (χ1n) is 9.97. The number of hydrogen-bond donors (Lipinski definition) is 0. The monoisotopic (exact) mass is 408 g/mol. The van der Waals surface area contributed by atoms with E-state index in [2.05, 4.69) is 23.8 Å². The normalized spacial score (nSPS) is 27.0. The van der Waals surface area contributed by atoms with E-state index in [1.165, 1.54) is 18.5 Å². The summed E-state index contributed by atoms with van der Waals surface area (Å²) in [7, 11) is 0. The molecule has 0 bridgehead atoms. The van der Waals surface area contributed by atoms with Gasteiger partial charge < -0.3 is 0 Å². The second kappa shape index (κ2) is 5.82. The smallest absolute Gasteiger partial charge is 0.215 e. The average Bonchev–Trinajstić information content (AvgIpc) is 2.67. The molecule has 1 fully saturated rings. The van der Waals surface area contributed by atoms with Crippen molar-refractivity contribution in [3.63, 3.8) is 0 Å². The molecule has 0 N–H and O–H groups in total. The third-order valence-corrected chi connectivity index (χ3v) is 7.69. The van der Waals surface area contributed by atoms with Crippen LogP contribution in [0.5, 0.6) is 0 Å². The lowest BCUT2D eigenvalue weighted by molar-refractivity contribution is 0.00360. The van der Waals surface area contributed by atoms with Crippen LogP contribution in [-0.2, 0) is 6.42 Å². The maximum absolute atomic E-state index is 13.6. The Morgan fingerprint density at radius 3 is 2.45 bits per heavy atom. The first-order chi connectivity index (χ1) is 13.7. The van der Waals surface area contributed by atoms with Crippen LogP contribution in [0.3, 0.4) is 0 Å². The molecule has 1 saturated carbocycles. The van der Waals surface area contributed by atoms with Gasteiger partial charge in [-0.1, -0.05) is 38.8 Å². The Balaban J connectivity index is 1.76. The van der Waals surface area contributed by atoms with Gasteiger partial charge in [0.2, 0.25) is 11.6 Å². The predicted molar refractivity (Wildman–Crippen MR) is 108 cm³/mol. The number of ketones is 3. The van der Waals surface area contributed by atoms with Crippen LogP contribution in [-0.4, -0.2) is 27.3 Å². The topological polar surface area (TPSA) is 77.0 Å². The molecule has 2 aromatic heterocycles. The maximum atomic E-state index is 13.6. The highest BCUT2D eigenvalue weighted by Crippen LogP contribution is 2.56. The number of pyridine rings is 2. The summed E-state index contributed by atoms with van der Waals surface area (Å²) in [5.74, 6) is -0.630. The molecule has 0 spiro atoms. The minimum Gasteiger partial charge on any atom is -0.293 e. The van der Waals surface area contributed by atoms with Crippen molar-refractivity contribution >= 4 is 29.0 Å². The summed E-state index contributed by atoms with van der Waals surface area (Å²) in [5.41, 5.74) is 1.12. The number of aromatic nitrogens is 2. The molecule has 2 aromatic rings. The Labute approximate surface area is 173 Å². The van der Waals surface area contributed by atoms with Crippen LogP contribution in [0.15, 0.2) is 18.5 Å². The molecule has 0 aliphatic heterocycles. The molecule has 5 rings (SSSR count). The van der Waals surface area contributed by atoms with Crippen molar-refractivity contribution in [1.29, 1.82) is 0 Å². The maximum Gasteiger partial charge on any atom is 0.215 e. The molecule has 3 aliphatic rings. The van der Waals surface area contributed by atoms with Gasteiger partial charge in [0.1, 0.15) is 11.4 Å². The van der Waals surface area contributed by atoms with Gasteiger partial charge in [0.25, 0.3) is 0 Å². The lowest BCUT2D eigenvalue weighted by Crippen LogP contribution is -2.51. The van der Waals surface area contributed by atoms with Crippen molar-refractivity contribution in [2.24, 2.45) is 16.7 Å². The van der Waals surface area contributed by atoms with Gasteiger partial charge >= 0.3 is 0 Å². The summed E-state index contributed by atoms with van der Waals surface area (Å²) in [5, 5.41) is 0.190. The van der Waals surface area contributed by atoms with Crippen LogP contribution in [0, 0.1) is 16.7 Å². The first-order valence-corrected chi connectivity index (χ1v) is 10.3. The van der Waals surface area contributed by atoms with Gasteiger partial charge in [-0.25, -0.2) is 0 Å². The molecule has 0 amide bonds. The minimum absolute atomic E-state index is 0.0301. The molecule has 6 heteroatoms. The van der Waals surface area contributed by atoms with Crippen LogP contribution in [0.4, 0.5) is 0 Å². The number of nitrogens with zero attached hydrogens (tertiary/aromatic N) is 2. The van der Waals surface area contributed by atoms with Gasteiger partial charge in [0, 0.05) is 23.4 Å². The lowest BCUT2D eigenvalue weighted by Gasteiger charge is -2.52. The summed E-state index contributed by atoms with van der Waals surface area (Å²) in [4.78, 5) is 48.4. The minimum atomic E-state index is -0.466. The third kappa shape index (κ3) is 2.31. The highest BCUT2D eigenvalue weighted by atomic mass is 35.5. The SMILES string of the molecule is CC1(C)CCC[C@]2(C)C(=O)c3cnc4c(c3C[C@@H]12)C(=O)c1nccc(Cl)c1C4=O. The van der Waals surface area contributed by atoms with Gasteiger partial charge in [-0.3, -0.25) is 24.4 Å². The summed E-state index contributed by atoms with van der Waals surface area (Å²) in [6.07, 6.45) is 6.38. The summed E-state index contributed by atoms with van der Waals surface area (Å²) >= 11 is 6.19. The molecular formula is C23H21ClN2O3. The lowest BCUT2D eigenvalue weighted by atomic mass is 9.50. The number of carbonyl (C=O) groups is 3. The Bertz CT molecular complexity index is 1140. The zero-order valence-corrected chi connectivity index (χ0v) is 17.4. The molecule has 0 aromatic carbocycles. The van der Waals surface area contributed by atoms with Crippen molar-refractivity contribution in [1.82, 2.24) is 9.97 Å². The van der Waals surface area contributed by atoms with E-state index in [4.69, 9.17) is 11.6 Å². The van der Waals surface area contributed by atoms with Crippen molar-refractivity contribution in [3.05, 3.63) is 57.1 Å². The Morgan fingerprint density at radius 2 is 1.69 bits per heavy atom. The first kappa shape index (κ1) is 18.6. The molecule has 148 valence electrons. The van der Waals surface area contributed by atoms with Crippen molar-refractivity contribution in [2.45, 2.75) is 46.5 Å². The van der Waals surface area contributed by atoms with E-state index < -0.39 is 11.2 Å². The highest BCUT2D eigenvalue weighted by molar-refractivity contribution is 6.38. The van der Waals surface area contributed by atoms with E-state index in [0.29, 0.717) is 17.5 Å². The Kier molecular flexibility index (Phi) is 3.74. The molecule has 0 unspecified atom stereocenters. The highest BCUT2D eigenvalue weighted by Gasteiger charge is 2.55. The van der Waals surface area contributed by atoms with Crippen LogP contribution in [0.2, 0.25) is 5.02 Å². The van der Waals surface area contributed by atoms with Crippen LogP contribution >= 0.6 is 11.6 Å². The number of rotatable bonds is 0. The number of Topliss-reactive ketones (excluding diaryl/α,β-unsaturated/α-hetero) is 1. The third-order valence-electron chi connectivity index (χ3n) is 7.37. The van der Waals surface area contributed by atoms with Crippen molar-refractivity contribution in [2.75, 3.05) is 0 Å². The molecule has 3 aliphatic carbocycles. The van der Waals surface area contributed by atoms with Crippen LogP contribution < -0.4 is 0 Å². The molecule has 0 radical (unpaired) electrons. The zero-order chi connectivity index (χ0) is 20.7. The Hall–Kier alpha value is -2.40. The zero-order valence-electron chi connectivity index (χ0n) is 16.6.